The second-order valence-electron chi connectivity index (χ2n) is 6.50. The maximum atomic E-state index is 12.4. The highest BCUT2D eigenvalue weighted by Crippen LogP contribution is 2.25. The summed E-state index contributed by atoms with van der Waals surface area (Å²) >= 11 is 0. The number of rotatable bonds is 5. The van der Waals surface area contributed by atoms with Gasteiger partial charge in [0, 0.05) is 20.0 Å². The molecule has 0 saturated carbocycles. The standard InChI is InChI=1S/C18H28N2O/c1-14-4-6-16(7-5-14)13-20(3)18(21)12-15(2)17-8-10-19-11-9-17/h4-7,15,17,19H,8-13H2,1-3H3. The van der Waals surface area contributed by atoms with Crippen molar-refractivity contribution in [2.24, 2.45) is 11.8 Å². The fraction of sp³-hybridized carbons (Fsp3) is 0.611. The van der Waals surface area contributed by atoms with E-state index >= 15 is 0 Å². The Kier molecular flexibility index (Phi) is 5.80. The van der Waals surface area contributed by atoms with Crippen LogP contribution >= 0.6 is 0 Å². The topological polar surface area (TPSA) is 32.3 Å². The molecule has 1 fully saturated rings. The van der Waals surface area contributed by atoms with E-state index in [1.807, 2.05) is 11.9 Å². The third-order valence-electron chi connectivity index (χ3n) is 4.65. The first kappa shape index (κ1) is 16.0. The Labute approximate surface area is 128 Å². The third-order valence-corrected chi connectivity index (χ3v) is 4.65. The molecule has 1 aliphatic heterocycles. The van der Waals surface area contributed by atoms with Gasteiger partial charge in [0.05, 0.1) is 0 Å². The highest BCUT2D eigenvalue weighted by Gasteiger charge is 2.23. The van der Waals surface area contributed by atoms with E-state index in [9.17, 15) is 4.79 Å². The molecule has 1 unspecified atom stereocenters. The van der Waals surface area contributed by atoms with Crippen molar-refractivity contribution in [3.05, 3.63) is 35.4 Å². The molecule has 1 aromatic carbocycles. The summed E-state index contributed by atoms with van der Waals surface area (Å²) in [6, 6.07) is 8.42. The van der Waals surface area contributed by atoms with Crippen LogP contribution in [0.3, 0.4) is 0 Å². The first-order valence-electron chi connectivity index (χ1n) is 8.06. The van der Waals surface area contributed by atoms with Gasteiger partial charge in [-0.15, -0.1) is 0 Å². The van der Waals surface area contributed by atoms with Crippen molar-refractivity contribution in [3.8, 4) is 0 Å². The molecule has 1 aromatic rings. The molecule has 3 nitrogen and oxygen atoms in total. The van der Waals surface area contributed by atoms with Gasteiger partial charge in [0.25, 0.3) is 0 Å². The molecular formula is C18H28N2O. The zero-order chi connectivity index (χ0) is 15.2. The lowest BCUT2D eigenvalue weighted by molar-refractivity contribution is -0.131. The van der Waals surface area contributed by atoms with Crippen molar-refractivity contribution in [2.45, 2.75) is 39.7 Å². The highest BCUT2D eigenvalue weighted by atomic mass is 16.2. The summed E-state index contributed by atoms with van der Waals surface area (Å²) < 4.78 is 0. The van der Waals surface area contributed by atoms with Crippen molar-refractivity contribution in [3.63, 3.8) is 0 Å². The third kappa shape index (κ3) is 4.85. The molecule has 0 spiro atoms. The van der Waals surface area contributed by atoms with Crippen LogP contribution in [0.1, 0.15) is 37.3 Å². The minimum Gasteiger partial charge on any atom is -0.341 e. The van der Waals surface area contributed by atoms with Crippen LogP contribution in [0.15, 0.2) is 24.3 Å². The van der Waals surface area contributed by atoms with Crippen LogP contribution in [0, 0.1) is 18.8 Å². The van der Waals surface area contributed by atoms with Crippen LogP contribution < -0.4 is 5.32 Å². The number of amides is 1. The van der Waals surface area contributed by atoms with E-state index in [-0.39, 0.29) is 5.91 Å². The summed E-state index contributed by atoms with van der Waals surface area (Å²) in [6.07, 6.45) is 3.08. The molecule has 0 aliphatic carbocycles. The van der Waals surface area contributed by atoms with Gasteiger partial charge in [-0.05, 0) is 50.3 Å². The summed E-state index contributed by atoms with van der Waals surface area (Å²) in [6.45, 7) is 7.22. The van der Waals surface area contributed by atoms with Gasteiger partial charge in [0.1, 0.15) is 0 Å². The van der Waals surface area contributed by atoms with E-state index < -0.39 is 0 Å². The highest BCUT2D eigenvalue weighted by molar-refractivity contribution is 5.76. The molecule has 1 amide bonds. The first-order valence-corrected chi connectivity index (χ1v) is 8.06. The van der Waals surface area contributed by atoms with Gasteiger partial charge in [-0.1, -0.05) is 36.8 Å². The molecule has 1 saturated heterocycles. The van der Waals surface area contributed by atoms with Crippen molar-refractivity contribution in [1.82, 2.24) is 10.2 Å². The Morgan fingerprint density at radius 3 is 2.52 bits per heavy atom. The number of hydrogen-bond acceptors (Lipinski definition) is 2. The molecule has 3 heteroatoms. The zero-order valence-corrected chi connectivity index (χ0v) is 13.6. The van der Waals surface area contributed by atoms with Crippen LogP contribution in [0.5, 0.6) is 0 Å². The molecule has 0 radical (unpaired) electrons. The molecule has 2 rings (SSSR count). The van der Waals surface area contributed by atoms with Crippen LogP contribution in [0.4, 0.5) is 0 Å². The second kappa shape index (κ2) is 7.60. The van der Waals surface area contributed by atoms with Gasteiger partial charge in [-0.25, -0.2) is 0 Å². The van der Waals surface area contributed by atoms with Crippen molar-refractivity contribution in [2.75, 3.05) is 20.1 Å². The minimum atomic E-state index is 0.265. The van der Waals surface area contributed by atoms with Crippen LogP contribution in [0.2, 0.25) is 0 Å². The number of carbonyl (C=O) groups is 1. The van der Waals surface area contributed by atoms with Gasteiger partial charge in [0.15, 0.2) is 0 Å². The maximum absolute atomic E-state index is 12.4. The van der Waals surface area contributed by atoms with Crippen LogP contribution in [-0.4, -0.2) is 30.9 Å². The average molecular weight is 288 g/mol. The lowest BCUT2D eigenvalue weighted by Crippen LogP contribution is -2.34. The Hall–Kier alpha value is -1.35. The summed E-state index contributed by atoms with van der Waals surface area (Å²) in [5.41, 5.74) is 2.46. The number of nitrogens with one attached hydrogen (secondary N) is 1. The van der Waals surface area contributed by atoms with Crippen LogP contribution in [0.25, 0.3) is 0 Å². The lowest BCUT2D eigenvalue weighted by atomic mass is 9.84. The number of aryl methyl sites for hydroxylation is 1. The monoisotopic (exact) mass is 288 g/mol. The Bertz CT molecular complexity index is 449. The summed E-state index contributed by atoms with van der Waals surface area (Å²) in [7, 11) is 1.91. The summed E-state index contributed by atoms with van der Waals surface area (Å²) in [5, 5.41) is 3.39. The Morgan fingerprint density at radius 1 is 1.29 bits per heavy atom. The van der Waals surface area contributed by atoms with E-state index in [4.69, 9.17) is 0 Å². The van der Waals surface area contributed by atoms with Gasteiger partial charge in [-0.2, -0.15) is 0 Å². The van der Waals surface area contributed by atoms with Gasteiger partial charge >= 0.3 is 0 Å². The Balaban J connectivity index is 1.82. The van der Waals surface area contributed by atoms with Crippen LogP contribution in [-0.2, 0) is 11.3 Å². The quantitative estimate of drug-likeness (QED) is 0.903. The SMILES string of the molecule is Cc1ccc(CN(C)C(=O)CC(C)C2CCNCC2)cc1. The largest absolute Gasteiger partial charge is 0.341 e. The molecular weight excluding hydrogens is 260 g/mol. The predicted octanol–water partition coefficient (Wildman–Crippen LogP) is 2.98. The number of benzene rings is 1. The van der Waals surface area contributed by atoms with Crippen molar-refractivity contribution in [1.29, 1.82) is 0 Å². The van der Waals surface area contributed by atoms with E-state index in [1.54, 1.807) is 0 Å². The molecule has 1 heterocycles. The number of piperidine rings is 1. The van der Waals surface area contributed by atoms with Gasteiger partial charge in [-0.3, -0.25) is 4.79 Å². The zero-order valence-electron chi connectivity index (χ0n) is 13.6. The molecule has 21 heavy (non-hydrogen) atoms. The maximum Gasteiger partial charge on any atom is 0.222 e. The van der Waals surface area contributed by atoms with E-state index in [0.29, 0.717) is 24.8 Å². The van der Waals surface area contributed by atoms with Gasteiger partial charge in [0.2, 0.25) is 5.91 Å². The lowest BCUT2D eigenvalue weighted by Gasteiger charge is -2.29. The smallest absolute Gasteiger partial charge is 0.222 e. The molecule has 0 bridgehead atoms. The van der Waals surface area contributed by atoms with Gasteiger partial charge < -0.3 is 10.2 Å². The average Bonchev–Trinajstić information content (AvgIpc) is 2.50. The second-order valence-corrected chi connectivity index (χ2v) is 6.50. The fourth-order valence-electron chi connectivity index (χ4n) is 3.07. The van der Waals surface area contributed by atoms with E-state index in [1.165, 1.54) is 24.0 Å². The Morgan fingerprint density at radius 2 is 1.90 bits per heavy atom. The summed E-state index contributed by atoms with van der Waals surface area (Å²) in [5.74, 6) is 1.45. The number of carbonyl (C=O) groups excluding carboxylic acids is 1. The molecule has 0 aromatic heterocycles. The van der Waals surface area contributed by atoms with E-state index in [0.717, 1.165) is 13.1 Å². The normalized spacial score (nSPS) is 17.5. The first-order chi connectivity index (χ1) is 10.1. The van der Waals surface area contributed by atoms with Crippen molar-refractivity contribution < 1.29 is 4.79 Å². The van der Waals surface area contributed by atoms with Crippen molar-refractivity contribution >= 4 is 5.91 Å². The fourth-order valence-corrected chi connectivity index (χ4v) is 3.07. The number of hydrogen-bond donors (Lipinski definition) is 1. The molecule has 1 aliphatic rings. The molecule has 1 N–H and O–H groups in total. The van der Waals surface area contributed by atoms with E-state index in [2.05, 4.69) is 43.4 Å². The molecule has 1 atom stereocenters. The number of nitrogens with zero attached hydrogens (tertiary/aromatic N) is 1. The minimum absolute atomic E-state index is 0.265. The molecule has 116 valence electrons. The predicted molar refractivity (Wildman–Crippen MR) is 87.0 cm³/mol. The summed E-state index contributed by atoms with van der Waals surface area (Å²) in [4.78, 5) is 14.2.